The Balaban J connectivity index is 1.25. The lowest BCUT2D eigenvalue weighted by Crippen LogP contribution is -2.37. The van der Waals surface area contributed by atoms with Crippen LogP contribution in [0.15, 0.2) is 200 Å². The highest BCUT2D eigenvalue weighted by atomic mass is 15.7. The number of hydrogen-bond donors (Lipinski definition) is 2. The fourth-order valence-electron chi connectivity index (χ4n) is 8.19. The second-order valence-corrected chi connectivity index (χ2v) is 14.6. The number of pyridine rings is 1. The molecule has 0 saturated heterocycles. The summed E-state index contributed by atoms with van der Waals surface area (Å²) in [6.45, 7) is 8.70. The first-order valence-electron chi connectivity index (χ1n) is 19.4. The molecular formula is C53H39N5. The molecule has 0 amide bonds. The second kappa shape index (κ2) is 14.3. The van der Waals surface area contributed by atoms with Gasteiger partial charge in [0.25, 0.3) is 0 Å². The number of allylic oxidation sites excluding steroid dienone is 2. The number of hydrazone groups is 1. The Kier molecular flexibility index (Phi) is 8.54. The molecule has 5 heteroatoms. The third-order valence-electron chi connectivity index (χ3n) is 11.0. The van der Waals surface area contributed by atoms with Crippen LogP contribution in [0, 0.1) is 0 Å². The number of anilines is 2. The summed E-state index contributed by atoms with van der Waals surface area (Å²) >= 11 is 0. The fourth-order valence-corrected chi connectivity index (χ4v) is 8.19. The molecule has 1 aliphatic heterocycles. The molecule has 3 heterocycles. The minimum Gasteiger partial charge on any atom is -0.398 e. The summed E-state index contributed by atoms with van der Waals surface area (Å²) in [7, 11) is 0. The van der Waals surface area contributed by atoms with Gasteiger partial charge in [0.2, 0.25) is 0 Å². The van der Waals surface area contributed by atoms with Gasteiger partial charge >= 0.3 is 0 Å². The van der Waals surface area contributed by atoms with E-state index in [2.05, 4.69) is 181 Å². The van der Waals surface area contributed by atoms with Crippen LogP contribution in [0.2, 0.25) is 0 Å². The van der Waals surface area contributed by atoms with Gasteiger partial charge in [-0.1, -0.05) is 159 Å². The summed E-state index contributed by atoms with van der Waals surface area (Å²) < 4.78 is 2.31. The van der Waals surface area contributed by atoms with Crippen LogP contribution >= 0.6 is 0 Å². The topological polar surface area (TPSA) is 58.1 Å². The first kappa shape index (κ1) is 34.6. The Hall–Kier alpha value is -7.89. The van der Waals surface area contributed by atoms with Crippen molar-refractivity contribution in [2.24, 2.45) is 5.10 Å². The van der Waals surface area contributed by atoms with Crippen LogP contribution < -0.4 is 26.7 Å². The molecule has 276 valence electrons. The van der Waals surface area contributed by atoms with E-state index in [1.165, 1.54) is 0 Å². The monoisotopic (exact) mass is 745 g/mol. The number of hydrogen-bond acceptors (Lipinski definition) is 4. The summed E-state index contributed by atoms with van der Waals surface area (Å²) in [5.74, 6) is 0. The third-order valence-corrected chi connectivity index (χ3v) is 11.0. The highest BCUT2D eigenvalue weighted by Crippen LogP contribution is 2.39. The molecule has 0 atom stereocenters. The molecule has 5 nitrogen and oxygen atoms in total. The summed E-state index contributed by atoms with van der Waals surface area (Å²) in [4.78, 5) is 0. The molecule has 9 aromatic rings. The van der Waals surface area contributed by atoms with Gasteiger partial charge in [-0.05, 0) is 81.2 Å². The number of para-hydroxylation sites is 2. The lowest BCUT2D eigenvalue weighted by atomic mass is 9.97. The van der Waals surface area contributed by atoms with Gasteiger partial charge < -0.3 is 10.1 Å². The van der Waals surface area contributed by atoms with Gasteiger partial charge in [-0.3, -0.25) is 5.43 Å². The first-order valence-corrected chi connectivity index (χ1v) is 19.4. The largest absolute Gasteiger partial charge is 0.398 e. The highest BCUT2D eigenvalue weighted by Gasteiger charge is 2.24. The second-order valence-electron chi connectivity index (χ2n) is 14.6. The van der Waals surface area contributed by atoms with Crippen LogP contribution in [0.1, 0.15) is 11.1 Å². The normalized spacial score (nSPS) is 13.1. The molecule has 1 aliphatic rings. The van der Waals surface area contributed by atoms with E-state index in [0.717, 1.165) is 99.4 Å². The van der Waals surface area contributed by atoms with Crippen molar-refractivity contribution in [1.82, 2.24) is 9.83 Å². The first-order chi connectivity index (χ1) is 28.5. The molecule has 58 heavy (non-hydrogen) atoms. The van der Waals surface area contributed by atoms with E-state index in [4.69, 9.17) is 10.8 Å². The Morgan fingerprint density at radius 3 is 1.90 bits per heavy atom. The minimum atomic E-state index is 0.669. The highest BCUT2D eigenvalue weighted by molar-refractivity contribution is 6.14. The summed E-state index contributed by atoms with van der Waals surface area (Å²) in [5, 5.41) is 11.4. The zero-order valence-corrected chi connectivity index (χ0v) is 31.8. The lowest BCUT2D eigenvalue weighted by Gasteiger charge is -2.30. The summed E-state index contributed by atoms with van der Waals surface area (Å²) in [5.41, 5.74) is 25.3. The van der Waals surface area contributed by atoms with E-state index in [0.29, 0.717) is 5.69 Å². The van der Waals surface area contributed by atoms with Gasteiger partial charge in [0.15, 0.2) is 0 Å². The van der Waals surface area contributed by atoms with E-state index in [1.54, 1.807) is 0 Å². The quantitative estimate of drug-likeness (QED) is 0.160. The lowest BCUT2D eigenvalue weighted by molar-refractivity contribution is 0.789. The summed E-state index contributed by atoms with van der Waals surface area (Å²) in [6, 6.07) is 61.3. The van der Waals surface area contributed by atoms with Crippen LogP contribution in [0.5, 0.6) is 0 Å². The SMILES string of the molecule is C=C/C=c1\c(=C)c2cc3ccccc3n2c2cc(N3N=C(c4cccc(-c5ccccc5)c4)C=C(c4cccc(-c5ccccc5)c4)N3)c(-c3ccccc3N)cc12. The van der Waals surface area contributed by atoms with E-state index in [-0.39, 0.29) is 0 Å². The molecular weight excluding hydrogens is 707 g/mol. The maximum atomic E-state index is 6.82. The predicted molar refractivity (Wildman–Crippen MR) is 246 cm³/mol. The smallest absolute Gasteiger partial charge is 0.0950 e. The number of hydrazine groups is 1. The van der Waals surface area contributed by atoms with Gasteiger partial charge in [-0.2, -0.15) is 10.2 Å². The van der Waals surface area contributed by atoms with Crippen LogP contribution in [-0.2, 0) is 0 Å². The Labute approximate surface area is 336 Å². The van der Waals surface area contributed by atoms with Gasteiger partial charge in [0.05, 0.1) is 33.6 Å². The number of rotatable bonds is 7. The fraction of sp³-hybridized carbons (Fsp3) is 0. The van der Waals surface area contributed by atoms with Crippen LogP contribution in [-0.4, -0.2) is 10.1 Å². The molecule has 3 N–H and O–H groups in total. The van der Waals surface area contributed by atoms with Crippen molar-refractivity contribution < 1.29 is 0 Å². The number of aromatic nitrogens is 1. The van der Waals surface area contributed by atoms with Crippen LogP contribution in [0.25, 0.3) is 79.1 Å². The Morgan fingerprint density at radius 2 is 1.17 bits per heavy atom. The standard InChI is InChI=1S/C53H39N5/c1-3-16-43-35(2)51-31-42-21-10-13-28-50(42)57(51)52-34-53(46(32-45(43)52)44-26-11-12-27-47(44)54)58-55-48(40-24-14-22-38(29-40)36-17-6-4-7-18-36)33-49(56-58)41-25-15-23-39(30-41)37-19-8-5-9-20-37/h3-34,55H,1-2,54H2/b43-16+. The van der Waals surface area contributed by atoms with E-state index >= 15 is 0 Å². The maximum absolute atomic E-state index is 6.82. The molecule has 0 saturated carbocycles. The predicted octanol–water partition coefficient (Wildman–Crippen LogP) is 11.0. The van der Waals surface area contributed by atoms with Gasteiger partial charge in [-0.15, -0.1) is 0 Å². The molecule has 0 aliphatic carbocycles. The molecule has 2 aromatic heterocycles. The zero-order valence-electron chi connectivity index (χ0n) is 31.8. The molecule has 0 unspecified atom stereocenters. The zero-order chi connectivity index (χ0) is 39.2. The number of nitrogens with zero attached hydrogens (tertiary/aromatic N) is 3. The molecule has 10 rings (SSSR count). The Morgan fingerprint density at radius 1 is 0.552 bits per heavy atom. The average Bonchev–Trinajstić information content (AvgIpc) is 3.68. The van der Waals surface area contributed by atoms with Crippen LogP contribution in [0.4, 0.5) is 11.4 Å². The van der Waals surface area contributed by atoms with Gasteiger partial charge in [0.1, 0.15) is 0 Å². The van der Waals surface area contributed by atoms with Crippen molar-refractivity contribution in [3.05, 3.63) is 216 Å². The van der Waals surface area contributed by atoms with Crippen molar-refractivity contribution in [3.63, 3.8) is 0 Å². The van der Waals surface area contributed by atoms with Crippen molar-refractivity contribution in [2.45, 2.75) is 0 Å². The van der Waals surface area contributed by atoms with Gasteiger partial charge in [0, 0.05) is 38.7 Å². The van der Waals surface area contributed by atoms with Crippen molar-refractivity contribution >= 4 is 62.8 Å². The molecule has 0 spiro atoms. The third kappa shape index (κ3) is 6.03. The van der Waals surface area contributed by atoms with E-state index < -0.39 is 0 Å². The number of fused-ring (bicyclic) bond motifs is 5. The average molecular weight is 746 g/mol. The molecule has 0 radical (unpaired) electrons. The maximum Gasteiger partial charge on any atom is 0.0950 e. The summed E-state index contributed by atoms with van der Waals surface area (Å²) in [6.07, 6.45) is 6.03. The van der Waals surface area contributed by atoms with E-state index in [9.17, 15) is 0 Å². The minimum absolute atomic E-state index is 0.669. The molecule has 7 aromatic carbocycles. The number of benzene rings is 7. The molecule has 0 fully saturated rings. The number of nitrogens with two attached hydrogens (primary N) is 1. The Bertz CT molecular complexity index is 3250. The number of nitrogens with one attached hydrogen (secondary N) is 1. The van der Waals surface area contributed by atoms with Crippen molar-refractivity contribution in [2.75, 3.05) is 10.9 Å². The van der Waals surface area contributed by atoms with Crippen LogP contribution in [0.3, 0.4) is 0 Å². The molecule has 0 bridgehead atoms. The van der Waals surface area contributed by atoms with Crippen molar-refractivity contribution in [3.8, 4) is 33.4 Å². The van der Waals surface area contributed by atoms with E-state index in [1.807, 2.05) is 41.5 Å². The van der Waals surface area contributed by atoms with Gasteiger partial charge in [-0.25, -0.2) is 0 Å². The number of nitrogen functional groups attached to an aromatic ring is 1. The van der Waals surface area contributed by atoms with Crippen molar-refractivity contribution in [1.29, 1.82) is 0 Å².